The van der Waals surface area contributed by atoms with Gasteiger partial charge in [0.1, 0.15) is 11.6 Å². The van der Waals surface area contributed by atoms with E-state index in [1.807, 2.05) is 0 Å². The van der Waals surface area contributed by atoms with Crippen LogP contribution in [0.3, 0.4) is 0 Å². The molecule has 7 nitrogen and oxygen atoms in total. The molecule has 0 aromatic heterocycles. The first-order valence-corrected chi connectivity index (χ1v) is 11.8. The molecule has 3 aromatic rings. The van der Waals surface area contributed by atoms with E-state index < -0.39 is 17.6 Å². The van der Waals surface area contributed by atoms with Crippen LogP contribution in [-0.4, -0.2) is 24.5 Å². The maximum absolute atomic E-state index is 13.8. The first-order chi connectivity index (χ1) is 17.1. The predicted octanol–water partition coefficient (Wildman–Crippen LogP) is 5.65. The van der Waals surface area contributed by atoms with Crippen LogP contribution in [0.2, 0.25) is 10.0 Å². The molecular formula is C26H22Cl2FN3O4. The molecule has 0 saturated heterocycles. The maximum atomic E-state index is 13.8. The number of nitrogens with zero attached hydrogens (tertiary/aromatic N) is 1. The van der Waals surface area contributed by atoms with Crippen LogP contribution in [0.4, 0.5) is 15.8 Å². The Morgan fingerprint density at radius 3 is 2.58 bits per heavy atom. The highest BCUT2D eigenvalue weighted by atomic mass is 35.5. The molecule has 1 aliphatic heterocycles. The maximum Gasteiger partial charge on any atom is 0.264 e. The van der Waals surface area contributed by atoms with E-state index in [4.69, 9.17) is 27.9 Å². The molecule has 4 rings (SSSR count). The van der Waals surface area contributed by atoms with Gasteiger partial charge < -0.3 is 15.4 Å². The summed E-state index contributed by atoms with van der Waals surface area (Å²) in [6, 6.07) is 13.3. The SMILES string of the molecule is CC(C)C(=O)NCc1ccc(Cl)c(C(=O)Nc2ccc3c(c2)C(=O)N(c2cc(F)cc(Cl)c2)CO3)c1. The van der Waals surface area contributed by atoms with Gasteiger partial charge in [0.2, 0.25) is 5.91 Å². The minimum Gasteiger partial charge on any atom is -0.472 e. The van der Waals surface area contributed by atoms with E-state index in [0.29, 0.717) is 17.0 Å². The third-order valence-electron chi connectivity index (χ3n) is 5.49. The van der Waals surface area contributed by atoms with Crippen LogP contribution in [0.25, 0.3) is 0 Å². The number of amides is 3. The second kappa shape index (κ2) is 10.6. The van der Waals surface area contributed by atoms with Crippen LogP contribution in [0.1, 0.15) is 40.1 Å². The van der Waals surface area contributed by atoms with Crippen molar-refractivity contribution in [3.63, 3.8) is 0 Å². The number of rotatable bonds is 6. The molecule has 186 valence electrons. The molecule has 0 spiro atoms. The summed E-state index contributed by atoms with van der Waals surface area (Å²) in [6.45, 7) is 3.71. The Kier molecular flexibility index (Phi) is 7.47. The second-order valence-electron chi connectivity index (χ2n) is 8.49. The number of ether oxygens (including phenoxy) is 1. The quantitative estimate of drug-likeness (QED) is 0.431. The molecule has 2 N–H and O–H groups in total. The van der Waals surface area contributed by atoms with E-state index in [9.17, 15) is 18.8 Å². The van der Waals surface area contributed by atoms with Crippen molar-refractivity contribution in [2.45, 2.75) is 20.4 Å². The standard InChI is InChI=1S/C26H22Cl2FN3O4/c1-14(2)24(33)30-12-15-3-5-22(28)20(7-15)25(34)31-18-4-6-23-21(11-18)26(35)32(13-36-23)19-9-16(27)8-17(29)10-19/h3-11,14H,12-13H2,1-2H3,(H,30,33)(H,31,34). The van der Waals surface area contributed by atoms with Gasteiger partial charge in [0.15, 0.2) is 6.73 Å². The predicted molar refractivity (Wildman–Crippen MR) is 136 cm³/mol. The Bertz CT molecular complexity index is 1340. The van der Waals surface area contributed by atoms with Gasteiger partial charge in [-0.1, -0.05) is 43.1 Å². The lowest BCUT2D eigenvalue weighted by Gasteiger charge is -2.29. The fourth-order valence-electron chi connectivity index (χ4n) is 3.57. The summed E-state index contributed by atoms with van der Waals surface area (Å²) < 4.78 is 19.5. The molecule has 36 heavy (non-hydrogen) atoms. The summed E-state index contributed by atoms with van der Waals surface area (Å²) in [5.74, 6) is -1.45. The van der Waals surface area contributed by atoms with Crippen molar-refractivity contribution < 1.29 is 23.5 Å². The molecule has 3 amide bonds. The Balaban J connectivity index is 1.53. The van der Waals surface area contributed by atoms with Gasteiger partial charge in [-0.2, -0.15) is 0 Å². The zero-order chi connectivity index (χ0) is 26.0. The Hall–Kier alpha value is -3.62. The van der Waals surface area contributed by atoms with Crippen molar-refractivity contribution in [2.24, 2.45) is 5.92 Å². The largest absolute Gasteiger partial charge is 0.472 e. The van der Waals surface area contributed by atoms with E-state index in [1.54, 1.807) is 44.2 Å². The summed E-state index contributed by atoms with van der Waals surface area (Å²) in [6.07, 6.45) is 0. The normalized spacial score (nSPS) is 12.7. The molecule has 0 bridgehead atoms. The third-order valence-corrected chi connectivity index (χ3v) is 6.04. The number of carbonyl (C=O) groups is 3. The highest BCUT2D eigenvalue weighted by Gasteiger charge is 2.28. The monoisotopic (exact) mass is 529 g/mol. The van der Waals surface area contributed by atoms with Crippen molar-refractivity contribution in [2.75, 3.05) is 16.9 Å². The topological polar surface area (TPSA) is 87.7 Å². The highest BCUT2D eigenvalue weighted by molar-refractivity contribution is 6.34. The van der Waals surface area contributed by atoms with Crippen molar-refractivity contribution in [3.8, 4) is 5.75 Å². The van der Waals surface area contributed by atoms with Gasteiger partial charge in [-0.05, 0) is 54.1 Å². The number of benzene rings is 3. The van der Waals surface area contributed by atoms with Crippen molar-refractivity contribution >= 4 is 52.3 Å². The van der Waals surface area contributed by atoms with Crippen LogP contribution in [-0.2, 0) is 11.3 Å². The lowest BCUT2D eigenvalue weighted by molar-refractivity contribution is -0.124. The number of halogens is 3. The Morgan fingerprint density at radius 1 is 1.08 bits per heavy atom. The average Bonchev–Trinajstić information content (AvgIpc) is 2.83. The molecule has 0 unspecified atom stereocenters. The van der Waals surface area contributed by atoms with Crippen molar-refractivity contribution in [3.05, 3.63) is 87.2 Å². The van der Waals surface area contributed by atoms with Gasteiger partial charge in [-0.3, -0.25) is 19.3 Å². The third kappa shape index (κ3) is 5.61. The summed E-state index contributed by atoms with van der Waals surface area (Å²) in [4.78, 5) is 39.2. The number of hydrogen-bond acceptors (Lipinski definition) is 4. The number of anilines is 2. The molecular weight excluding hydrogens is 508 g/mol. The second-order valence-corrected chi connectivity index (χ2v) is 9.33. The smallest absolute Gasteiger partial charge is 0.264 e. The lowest BCUT2D eigenvalue weighted by Crippen LogP contribution is -2.38. The minimum atomic E-state index is -0.583. The van der Waals surface area contributed by atoms with Crippen LogP contribution in [0.15, 0.2) is 54.6 Å². The molecule has 1 heterocycles. The van der Waals surface area contributed by atoms with Gasteiger partial charge in [0.25, 0.3) is 11.8 Å². The molecule has 0 fully saturated rings. The van der Waals surface area contributed by atoms with Crippen molar-refractivity contribution in [1.29, 1.82) is 0 Å². The summed E-state index contributed by atoms with van der Waals surface area (Å²) in [5, 5.41) is 5.91. The number of fused-ring (bicyclic) bond motifs is 1. The highest BCUT2D eigenvalue weighted by Crippen LogP contribution is 2.32. The number of nitrogens with one attached hydrogen (secondary N) is 2. The van der Waals surface area contributed by atoms with Gasteiger partial charge in [0.05, 0.1) is 21.8 Å². The molecule has 10 heteroatoms. The molecule has 0 aliphatic carbocycles. The van der Waals surface area contributed by atoms with E-state index in [1.165, 1.54) is 23.1 Å². The molecule has 1 aliphatic rings. The number of hydrogen-bond donors (Lipinski definition) is 2. The van der Waals surface area contributed by atoms with Crippen LogP contribution >= 0.6 is 23.2 Å². The number of carbonyl (C=O) groups excluding carboxylic acids is 3. The van der Waals surface area contributed by atoms with Crippen LogP contribution in [0.5, 0.6) is 5.75 Å². The van der Waals surface area contributed by atoms with Crippen LogP contribution < -0.4 is 20.3 Å². The first-order valence-electron chi connectivity index (χ1n) is 11.0. The summed E-state index contributed by atoms with van der Waals surface area (Å²) in [7, 11) is 0. The van der Waals surface area contributed by atoms with E-state index >= 15 is 0 Å². The Morgan fingerprint density at radius 2 is 1.86 bits per heavy atom. The molecule has 3 aromatic carbocycles. The zero-order valence-electron chi connectivity index (χ0n) is 19.4. The summed E-state index contributed by atoms with van der Waals surface area (Å²) in [5.41, 5.74) is 1.69. The Labute approximate surface area is 217 Å². The molecule has 0 radical (unpaired) electrons. The van der Waals surface area contributed by atoms with E-state index in [0.717, 1.165) is 6.07 Å². The van der Waals surface area contributed by atoms with Gasteiger partial charge >= 0.3 is 0 Å². The average molecular weight is 530 g/mol. The van der Waals surface area contributed by atoms with Gasteiger partial charge in [-0.15, -0.1) is 0 Å². The first kappa shape index (κ1) is 25.5. The fourth-order valence-corrected chi connectivity index (χ4v) is 3.99. The van der Waals surface area contributed by atoms with Gasteiger partial charge in [-0.25, -0.2) is 4.39 Å². The van der Waals surface area contributed by atoms with E-state index in [2.05, 4.69) is 10.6 Å². The van der Waals surface area contributed by atoms with Crippen molar-refractivity contribution in [1.82, 2.24) is 5.32 Å². The minimum absolute atomic E-state index is 0.105. The van der Waals surface area contributed by atoms with E-state index in [-0.39, 0.29) is 52.0 Å². The van der Waals surface area contributed by atoms with Gasteiger partial charge in [0, 0.05) is 23.2 Å². The molecule has 0 saturated carbocycles. The van der Waals surface area contributed by atoms with Crippen LogP contribution in [0, 0.1) is 11.7 Å². The lowest BCUT2D eigenvalue weighted by atomic mass is 10.1. The summed E-state index contributed by atoms with van der Waals surface area (Å²) >= 11 is 12.2. The zero-order valence-corrected chi connectivity index (χ0v) is 20.9. The fraction of sp³-hybridized carbons (Fsp3) is 0.192. The molecule has 0 atom stereocenters.